The number of nitrogens with zero attached hydrogens (tertiary/aromatic N) is 1. The van der Waals surface area contributed by atoms with Gasteiger partial charge in [-0.15, -0.1) is 0 Å². The number of halogens is 2. The molecule has 5 heteroatoms. The quantitative estimate of drug-likeness (QED) is 0.607. The van der Waals surface area contributed by atoms with E-state index in [1.807, 2.05) is 43.9 Å². The second kappa shape index (κ2) is 6.79. The van der Waals surface area contributed by atoms with Crippen molar-refractivity contribution in [3.63, 3.8) is 0 Å². The summed E-state index contributed by atoms with van der Waals surface area (Å²) in [5, 5.41) is 0.667. The van der Waals surface area contributed by atoms with Crippen molar-refractivity contribution < 1.29 is 9.53 Å². The van der Waals surface area contributed by atoms with Crippen LogP contribution in [0.2, 0.25) is 5.02 Å². The van der Waals surface area contributed by atoms with Crippen LogP contribution in [0.4, 0.5) is 4.79 Å². The number of hydrogen-bond acceptors (Lipinski definition) is 2. The molecule has 0 N–H and O–H groups in total. The molecule has 1 aliphatic rings. The van der Waals surface area contributed by atoms with Gasteiger partial charge in [-0.3, -0.25) is 0 Å². The number of hydrogen-bond donors (Lipinski definition) is 0. The minimum atomic E-state index is -0.486. The lowest BCUT2D eigenvalue weighted by Gasteiger charge is -2.39. The van der Waals surface area contributed by atoms with Gasteiger partial charge in [-0.25, -0.2) is 4.79 Å². The Labute approximate surface area is 146 Å². The zero-order valence-corrected chi connectivity index (χ0v) is 15.9. The number of likely N-dealkylation sites (tertiary alicyclic amines) is 1. The van der Waals surface area contributed by atoms with Crippen molar-refractivity contribution in [2.75, 3.05) is 6.54 Å². The molecule has 122 valence electrons. The average molecular weight is 389 g/mol. The van der Waals surface area contributed by atoms with Crippen LogP contribution in [0.1, 0.15) is 52.1 Å². The first-order valence-corrected chi connectivity index (χ1v) is 8.79. The van der Waals surface area contributed by atoms with Gasteiger partial charge in [-0.1, -0.05) is 24.6 Å². The van der Waals surface area contributed by atoms with E-state index in [0.717, 1.165) is 22.9 Å². The summed E-state index contributed by atoms with van der Waals surface area (Å²) in [6.45, 7) is 8.56. The highest BCUT2D eigenvalue weighted by Crippen LogP contribution is 2.36. The van der Waals surface area contributed by atoms with Crippen LogP contribution in [-0.2, 0) is 4.74 Å². The lowest BCUT2D eigenvalue weighted by molar-refractivity contribution is 0.00363. The van der Waals surface area contributed by atoms with Gasteiger partial charge in [-0.05, 0) is 73.2 Å². The number of benzene rings is 1. The fourth-order valence-corrected chi connectivity index (χ4v) is 3.18. The van der Waals surface area contributed by atoms with Crippen molar-refractivity contribution in [1.82, 2.24) is 4.90 Å². The Kier molecular flexibility index (Phi) is 5.44. The topological polar surface area (TPSA) is 29.5 Å². The van der Waals surface area contributed by atoms with E-state index < -0.39 is 5.60 Å². The molecule has 0 aliphatic carbocycles. The number of carbonyl (C=O) groups excluding carboxylic acids is 1. The molecule has 0 saturated carbocycles. The largest absolute Gasteiger partial charge is 0.444 e. The third kappa shape index (κ3) is 4.39. The zero-order valence-electron chi connectivity index (χ0n) is 13.5. The van der Waals surface area contributed by atoms with Gasteiger partial charge >= 0.3 is 6.09 Å². The van der Waals surface area contributed by atoms with E-state index in [0.29, 0.717) is 17.5 Å². The Hall–Kier alpha value is -0.740. The van der Waals surface area contributed by atoms with E-state index >= 15 is 0 Å². The highest BCUT2D eigenvalue weighted by molar-refractivity contribution is 9.10. The molecule has 3 nitrogen and oxygen atoms in total. The maximum Gasteiger partial charge on any atom is 0.410 e. The van der Waals surface area contributed by atoms with Gasteiger partial charge in [0.25, 0.3) is 0 Å². The van der Waals surface area contributed by atoms with E-state index in [2.05, 4.69) is 22.9 Å². The summed E-state index contributed by atoms with van der Waals surface area (Å²) in [5.74, 6) is 0.481. The first-order chi connectivity index (χ1) is 10.2. The molecule has 0 spiro atoms. The number of piperidine rings is 1. The van der Waals surface area contributed by atoms with Gasteiger partial charge in [0.1, 0.15) is 5.60 Å². The number of ether oxygens (including phenoxy) is 1. The predicted octanol–water partition coefficient (Wildman–Crippen LogP) is 5.81. The van der Waals surface area contributed by atoms with Gasteiger partial charge in [0.2, 0.25) is 0 Å². The Bertz CT molecular complexity index is 556. The first kappa shape index (κ1) is 17.6. The van der Waals surface area contributed by atoms with Crippen molar-refractivity contribution in [2.24, 2.45) is 5.92 Å². The standard InChI is InChI=1S/C17H23BrClNO2/c1-11-5-8-15(12-6-7-13(18)14(19)9-12)20(10-11)16(21)22-17(2,3)4/h6-7,9,11,15H,5,8,10H2,1-4H3/t11-,15-/m0/s1. The fourth-order valence-electron chi connectivity index (χ4n) is 2.74. The Morgan fingerprint density at radius 2 is 2.05 bits per heavy atom. The summed E-state index contributed by atoms with van der Waals surface area (Å²) in [5.41, 5.74) is 0.575. The van der Waals surface area contributed by atoms with Crippen LogP contribution in [0.25, 0.3) is 0 Å². The van der Waals surface area contributed by atoms with Gasteiger partial charge in [0.15, 0.2) is 0 Å². The molecule has 1 saturated heterocycles. The molecule has 2 rings (SSSR count). The van der Waals surface area contributed by atoms with Crippen LogP contribution in [0.3, 0.4) is 0 Å². The first-order valence-electron chi connectivity index (χ1n) is 7.62. The fraction of sp³-hybridized carbons (Fsp3) is 0.588. The summed E-state index contributed by atoms with van der Waals surface area (Å²) in [4.78, 5) is 14.4. The van der Waals surface area contributed by atoms with E-state index in [9.17, 15) is 4.79 Å². The lowest BCUT2D eigenvalue weighted by Crippen LogP contribution is -2.44. The summed E-state index contributed by atoms with van der Waals surface area (Å²) in [6.07, 6.45) is 1.78. The second-order valence-corrected chi connectivity index (χ2v) is 8.27. The molecule has 0 bridgehead atoms. The van der Waals surface area contributed by atoms with E-state index in [1.165, 1.54) is 0 Å². The molecule has 1 amide bonds. The van der Waals surface area contributed by atoms with Crippen LogP contribution in [0.15, 0.2) is 22.7 Å². The zero-order chi connectivity index (χ0) is 16.5. The Morgan fingerprint density at radius 3 is 2.64 bits per heavy atom. The third-order valence-electron chi connectivity index (χ3n) is 3.77. The smallest absolute Gasteiger partial charge is 0.410 e. The average Bonchev–Trinajstić information content (AvgIpc) is 2.40. The normalized spacial score (nSPS) is 22.5. The second-order valence-electron chi connectivity index (χ2n) is 7.00. The number of carbonyl (C=O) groups is 1. The monoisotopic (exact) mass is 387 g/mol. The van der Waals surface area contributed by atoms with Gasteiger partial charge in [0, 0.05) is 11.0 Å². The Morgan fingerprint density at radius 1 is 1.36 bits per heavy atom. The van der Waals surface area contributed by atoms with Gasteiger partial charge in [-0.2, -0.15) is 0 Å². The van der Waals surface area contributed by atoms with Crippen molar-refractivity contribution in [2.45, 2.75) is 52.2 Å². The van der Waals surface area contributed by atoms with Crippen LogP contribution in [-0.4, -0.2) is 23.1 Å². The van der Waals surface area contributed by atoms with Crippen molar-refractivity contribution in [1.29, 1.82) is 0 Å². The van der Waals surface area contributed by atoms with Crippen molar-refractivity contribution in [3.05, 3.63) is 33.3 Å². The molecule has 0 unspecified atom stereocenters. The molecule has 1 aromatic carbocycles. The van der Waals surface area contributed by atoms with Crippen molar-refractivity contribution in [3.8, 4) is 0 Å². The van der Waals surface area contributed by atoms with Crippen molar-refractivity contribution >= 4 is 33.6 Å². The molecular weight excluding hydrogens is 366 g/mol. The van der Waals surface area contributed by atoms with Crippen LogP contribution >= 0.6 is 27.5 Å². The molecule has 1 fully saturated rings. The summed E-state index contributed by atoms with van der Waals surface area (Å²) >= 11 is 9.62. The minimum Gasteiger partial charge on any atom is -0.444 e. The van der Waals surface area contributed by atoms with E-state index in [4.69, 9.17) is 16.3 Å². The van der Waals surface area contributed by atoms with Gasteiger partial charge in [0.05, 0.1) is 11.1 Å². The molecule has 1 heterocycles. The van der Waals surface area contributed by atoms with E-state index in [1.54, 1.807) is 0 Å². The molecule has 22 heavy (non-hydrogen) atoms. The maximum absolute atomic E-state index is 12.6. The summed E-state index contributed by atoms with van der Waals surface area (Å²) in [7, 11) is 0. The molecule has 2 atom stereocenters. The maximum atomic E-state index is 12.6. The lowest BCUT2D eigenvalue weighted by atomic mass is 9.90. The predicted molar refractivity (Wildman–Crippen MR) is 93.2 cm³/mol. The SMILES string of the molecule is C[C@H]1CC[C@@H](c2ccc(Br)c(Cl)c2)N(C(=O)OC(C)(C)C)C1. The Balaban J connectivity index is 2.26. The van der Waals surface area contributed by atoms with Gasteiger partial charge < -0.3 is 9.64 Å². The number of amides is 1. The number of rotatable bonds is 1. The molecule has 1 aromatic rings. The summed E-state index contributed by atoms with van der Waals surface area (Å²) in [6, 6.07) is 5.91. The van der Waals surface area contributed by atoms with Crippen LogP contribution in [0, 0.1) is 5.92 Å². The molecular formula is C17H23BrClNO2. The highest BCUT2D eigenvalue weighted by atomic mass is 79.9. The van der Waals surface area contributed by atoms with E-state index in [-0.39, 0.29) is 12.1 Å². The highest BCUT2D eigenvalue weighted by Gasteiger charge is 2.34. The molecule has 0 radical (unpaired) electrons. The summed E-state index contributed by atoms with van der Waals surface area (Å²) < 4.78 is 6.44. The minimum absolute atomic E-state index is 0.0247. The third-order valence-corrected chi connectivity index (χ3v) is 5.01. The van der Waals surface area contributed by atoms with Crippen LogP contribution < -0.4 is 0 Å². The molecule has 1 aliphatic heterocycles. The van der Waals surface area contributed by atoms with Crippen LogP contribution in [0.5, 0.6) is 0 Å². The molecule has 0 aromatic heterocycles.